The topological polar surface area (TPSA) is 74.6 Å². The number of hydrogen-bond donors (Lipinski definition) is 2. The van der Waals surface area contributed by atoms with Crippen LogP contribution in [0.2, 0.25) is 5.02 Å². The third-order valence-electron chi connectivity index (χ3n) is 5.52. The summed E-state index contributed by atoms with van der Waals surface area (Å²) in [6.07, 6.45) is 7.72. The van der Waals surface area contributed by atoms with Crippen LogP contribution in [-0.4, -0.2) is 54.4 Å². The van der Waals surface area contributed by atoms with Crippen molar-refractivity contribution >= 4 is 35.2 Å². The number of nitrogens with zero attached hydrogens (tertiary/aromatic N) is 1. The average Bonchev–Trinajstić information content (AvgIpc) is 3.32. The zero-order valence-electron chi connectivity index (χ0n) is 17.8. The number of thioether (sulfide) groups is 1. The van der Waals surface area contributed by atoms with Gasteiger partial charge in [-0.2, -0.15) is 11.8 Å². The van der Waals surface area contributed by atoms with Gasteiger partial charge >= 0.3 is 0 Å². The maximum absolute atomic E-state index is 13.0. The van der Waals surface area contributed by atoms with Gasteiger partial charge < -0.3 is 15.1 Å². The molecule has 31 heavy (non-hydrogen) atoms. The third kappa shape index (κ3) is 6.76. The minimum Gasteiger partial charge on any atom is -0.468 e. The zero-order chi connectivity index (χ0) is 22.1. The lowest BCUT2D eigenvalue weighted by Gasteiger charge is -2.33. The molecule has 1 aromatic heterocycles. The van der Waals surface area contributed by atoms with Gasteiger partial charge in [0.05, 0.1) is 22.9 Å². The molecule has 0 radical (unpaired) electrons. The third-order valence-corrected chi connectivity index (χ3v) is 6.50. The van der Waals surface area contributed by atoms with Gasteiger partial charge in [0.2, 0.25) is 5.91 Å². The van der Waals surface area contributed by atoms with Crippen molar-refractivity contribution in [2.24, 2.45) is 0 Å². The number of benzene rings is 1. The van der Waals surface area contributed by atoms with Crippen LogP contribution in [0.4, 0.5) is 0 Å². The van der Waals surface area contributed by atoms with Crippen molar-refractivity contribution in [3.05, 3.63) is 59.0 Å². The Morgan fingerprint density at radius 2 is 1.94 bits per heavy atom. The molecule has 1 saturated heterocycles. The molecule has 6 nitrogen and oxygen atoms in total. The summed E-state index contributed by atoms with van der Waals surface area (Å²) < 4.78 is 5.66. The van der Waals surface area contributed by atoms with Crippen LogP contribution in [0.25, 0.3) is 0 Å². The molecule has 0 bridgehead atoms. The Morgan fingerprint density at radius 3 is 2.61 bits per heavy atom. The van der Waals surface area contributed by atoms with Gasteiger partial charge in [0.1, 0.15) is 11.8 Å². The first-order valence-electron chi connectivity index (χ1n) is 10.7. The Bertz CT molecular complexity index is 840. The molecular formula is C23H30ClN3O3S. The van der Waals surface area contributed by atoms with Gasteiger partial charge in [0.15, 0.2) is 0 Å². The second-order valence-electron chi connectivity index (χ2n) is 7.66. The fourth-order valence-corrected chi connectivity index (χ4v) is 4.52. The molecular weight excluding hydrogens is 434 g/mol. The molecule has 1 aliphatic rings. The number of rotatable bonds is 10. The molecule has 2 N–H and O–H groups in total. The van der Waals surface area contributed by atoms with Crippen LogP contribution in [0.15, 0.2) is 47.1 Å². The summed E-state index contributed by atoms with van der Waals surface area (Å²) in [7, 11) is 0. The van der Waals surface area contributed by atoms with Crippen LogP contribution in [0.1, 0.15) is 47.8 Å². The summed E-state index contributed by atoms with van der Waals surface area (Å²) in [5.74, 6) is 1.07. The van der Waals surface area contributed by atoms with Crippen molar-refractivity contribution in [2.45, 2.75) is 37.8 Å². The van der Waals surface area contributed by atoms with E-state index >= 15 is 0 Å². The van der Waals surface area contributed by atoms with Crippen LogP contribution in [0.5, 0.6) is 0 Å². The van der Waals surface area contributed by atoms with Gasteiger partial charge in [0, 0.05) is 6.54 Å². The van der Waals surface area contributed by atoms with Crippen LogP contribution in [0.3, 0.4) is 0 Å². The summed E-state index contributed by atoms with van der Waals surface area (Å²) in [5.41, 5.74) is 0.368. The van der Waals surface area contributed by atoms with E-state index in [1.54, 1.807) is 42.3 Å². The van der Waals surface area contributed by atoms with Crippen molar-refractivity contribution in [2.75, 3.05) is 31.6 Å². The van der Waals surface area contributed by atoms with Crippen LogP contribution >= 0.6 is 23.4 Å². The number of furan rings is 1. The van der Waals surface area contributed by atoms with Crippen molar-refractivity contribution in [1.82, 2.24) is 15.5 Å². The number of nitrogens with one attached hydrogen (secondary N) is 2. The number of amides is 2. The van der Waals surface area contributed by atoms with E-state index in [0.29, 0.717) is 23.6 Å². The van der Waals surface area contributed by atoms with E-state index in [9.17, 15) is 9.59 Å². The first-order chi connectivity index (χ1) is 15.1. The quantitative estimate of drug-likeness (QED) is 0.554. The number of piperidine rings is 1. The Kier molecular flexibility index (Phi) is 9.31. The highest BCUT2D eigenvalue weighted by Crippen LogP contribution is 2.24. The Hall–Kier alpha value is -1.96. The van der Waals surface area contributed by atoms with E-state index in [2.05, 4.69) is 15.5 Å². The molecule has 0 saturated carbocycles. The van der Waals surface area contributed by atoms with Crippen LogP contribution in [-0.2, 0) is 4.79 Å². The van der Waals surface area contributed by atoms with E-state index in [1.165, 1.54) is 6.42 Å². The molecule has 1 aromatic carbocycles. The van der Waals surface area contributed by atoms with Gasteiger partial charge in [-0.15, -0.1) is 0 Å². The Balaban J connectivity index is 1.66. The minimum atomic E-state index is -0.630. The fraction of sp³-hybridized carbons (Fsp3) is 0.478. The summed E-state index contributed by atoms with van der Waals surface area (Å²) in [5, 5.41) is 6.28. The highest BCUT2D eigenvalue weighted by molar-refractivity contribution is 7.98. The van der Waals surface area contributed by atoms with Crippen molar-refractivity contribution in [3.8, 4) is 0 Å². The predicted molar refractivity (Wildman–Crippen MR) is 126 cm³/mol. The predicted octanol–water partition coefficient (Wildman–Crippen LogP) is 4.13. The molecule has 8 heteroatoms. The summed E-state index contributed by atoms with van der Waals surface area (Å²) in [6, 6.07) is 10.0. The number of likely N-dealkylation sites (tertiary alicyclic amines) is 1. The summed E-state index contributed by atoms with van der Waals surface area (Å²) in [6.45, 7) is 2.41. The molecule has 2 aromatic rings. The summed E-state index contributed by atoms with van der Waals surface area (Å²) >= 11 is 7.79. The highest BCUT2D eigenvalue weighted by Gasteiger charge is 2.27. The van der Waals surface area contributed by atoms with Crippen molar-refractivity contribution < 1.29 is 14.0 Å². The second kappa shape index (κ2) is 12.2. The summed E-state index contributed by atoms with van der Waals surface area (Å²) in [4.78, 5) is 28.1. The van der Waals surface area contributed by atoms with Gasteiger partial charge in [0.25, 0.3) is 5.91 Å². The van der Waals surface area contributed by atoms with E-state index in [1.807, 2.05) is 18.4 Å². The minimum absolute atomic E-state index is 0.0141. The SMILES string of the molecule is CSCC[C@H](NC(=O)c1ccccc1Cl)C(=O)NC[C@H](c1ccco1)N1CCCCC1. The maximum atomic E-state index is 13.0. The Morgan fingerprint density at radius 1 is 1.16 bits per heavy atom. The number of carbonyl (C=O) groups excluding carboxylic acids is 2. The molecule has 2 amide bonds. The zero-order valence-corrected chi connectivity index (χ0v) is 19.4. The van der Waals surface area contributed by atoms with E-state index in [-0.39, 0.29) is 17.9 Å². The first kappa shape index (κ1) is 23.7. The number of hydrogen-bond acceptors (Lipinski definition) is 5. The standard InChI is InChI=1S/C23H30ClN3O3S/c1-31-15-11-19(26-22(28)17-8-3-4-9-18(17)24)23(29)25-16-20(21-10-7-14-30-21)27-12-5-2-6-13-27/h3-4,7-10,14,19-20H,2,5-6,11-13,15-16H2,1H3,(H,25,29)(H,26,28)/t19-,20+/m0/s1. The van der Waals surface area contributed by atoms with E-state index in [0.717, 1.165) is 37.4 Å². The van der Waals surface area contributed by atoms with Gasteiger partial charge in [-0.05, 0) is 68.6 Å². The van der Waals surface area contributed by atoms with Crippen LogP contribution < -0.4 is 10.6 Å². The molecule has 1 aliphatic heterocycles. The van der Waals surface area contributed by atoms with E-state index < -0.39 is 6.04 Å². The monoisotopic (exact) mass is 463 g/mol. The lowest BCUT2D eigenvalue weighted by Crippen LogP contribution is -2.49. The van der Waals surface area contributed by atoms with Crippen molar-refractivity contribution in [1.29, 1.82) is 0 Å². The molecule has 3 rings (SSSR count). The average molecular weight is 464 g/mol. The highest BCUT2D eigenvalue weighted by atomic mass is 35.5. The molecule has 168 valence electrons. The first-order valence-corrected chi connectivity index (χ1v) is 12.5. The number of halogens is 1. The van der Waals surface area contributed by atoms with Gasteiger partial charge in [-0.3, -0.25) is 14.5 Å². The maximum Gasteiger partial charge on any atom is 0.253 e. The molecule has 0 aliphatic carbocycles. The second-order valence-corrected chi connectivity index (χ2v) is 9.05. The smallest absolute Gasteiger partial charge is 0.253 e. The number of carbonyl (C=O) groups is 2. The molecule has 0 unspecified atom stereocenters. The van der Waals surface area contributed by atoms with Gasteiger partial charge in [-0.1, -0.05) is 30.2 Å². The lowest BCUT2D eigenvalue weighted by molar-refractivity contribution is -0.123. The van der Waals surface area contributed by atoms with Crippen LogP contribution in [0, 0.1) is 0 Å². The fourth-order valence-electron chi connectivity index (χ4n) is 3.83. The van der Waals surface area contributed by atoms with Crippen molar-refractivity contribution in [3.63, 3.8) is 0 Å². The molecule has 2 heterocycles. The van der Waals surface area contributed by atoms with E-state index in [4.69, 9.17) is 16.0 Å². The normalized spacial score (nSPS) is 16.5. The molecule has 1 fully saturated rings. The molecule has 0 spiro atoms. The lowest BCUT2D eigenvalue weighted by atomic mass is 10.1. The van der Waals surface area contributed by atoms with Gasteiger partial charge in [-0.25, -0.2) is 0 Å². The Labute approximate surface area is 193 Å². The largest absolute Gasteiger partial charge is 0.468 e. The molecule has 2 atom stereocenters.